The van der Waals surface area contributed by atoms with Crippen molar-refractivity contribution in [1.29, 1.82) is 0 Å². The number of thiol groups is 1. The van der Waals surface area contributed by atoms with E-state index >= 15 is 0 Å². The molecule has 2 N–H and O–H groups in total. The largest absolute Gasteiger partial charge is 0.273 e. The molecule has 2 amide bonds. The molecule has 0 aliphatic rings. The fraction of sp³-hybridized carbons (Fsp3) is 0.778. The summed E-state index contributed by atoms with van der Waals surface area (Å²) in [5.41, 5.74) is 4.68. The Morgan fingerprint density at radius 2 is 1.64 bits per heavy atom. The number of hydrogen-bond donors (Lipinski definition) is 3. The summed E-state index contributed by atoms with van der Waals surface area (Å²) in [5, 5.41) is 0. The van der Waals surface area contributed by atoms with Gasteiger partial charge in [-0.05, 0) is 12.2 Å². The van der Waals surface area contributed by atoms with Gasteiger partial charge in [0.25, 0.3) is 0 Å². The monoisotopic (exact) mass is 218 g/mol. The second-order valence-corrected chi connectivity index (χ2v) is 3.47. The van der Waals surface area contributed by atoms with Crippen LogP contribution in [0.15, 0.2) is 0 Å². The van der Waals surface area contributed by atoms with Crippen LogP contribution in [0, 0.1) is 0 Å². The van der Waals surface area contributed by atoms with Crippen LogP contribution in [0.1, 0.15) is 39.0 Å². The van der Waals surface area contributed by atoms with E-state index in [1.165, 1.54) is 0 Å². The molecule has 4 nitrogen and oxygen atoms in total. The number of rotatable bonds is 6. The molecule has 0 atom stereocenters. The fourth-order valence-electron chi connectivity index (χ4n) is 0.902. The van der Waals surface area contributed by atoms with Gasteiger partial charge in [0.2, 0.25) is 11.8 Å². The molecule has 14 heavy (non-hydrogen) atoms. The van der Waals surface area contributed by atoms with E-state index in [0.29, 0.717) is 18.6 Å². The third kappa shape index (κ3) is 7.91. The van der Waals surface area contributed by atoms with E-state index in [4.69, 9.17) is 0 Å². The Morgan fingerprint density at radius 1 is 1.07 bits per heavy atom. The van der Waals surface area contributed by atoms with Crippen molar-refractivity contribution < 1.29 is 9.59 Å². The second-order valence-electron chi connectivity index (χ2n) is 3.03. The molecule has 0 aromatic rings. The second kappa shape index (κ2) is 8.87. The summed E-state index contributed by atoms with van der Waals surface area (Å²) < 4.78 is 0. The Kier molecular flexibility index (Phi) is 8.42. The summed E-state index contributed by atoms with van der Waals surface area (Å²) in [6, 6.07) is 0. The minimum Gasteiger partial charge on any atom is -0.273 e. The Labute approximate surface area is 90.2 Å². The van der Waals surface area contributed by atoms with Crippen LogP contribution in [-0.2, 0) is 9.59 Å². The number of amides is 2. The van der Waals surface area contributed by atoms with Gasteiger partial charge in [0.1, 0.15) is 0 Å². The zero-order valence-electron chi connectivity index (χ0n) is 8.51. The van der Waals surface area contributed by atoms with E-state index in [0.717, 1.165) is 19.3 Å². The smallest absolute Gasteiger partial charge is 0.239 e. The Balaban J connectivity index is 3.39. The average Bonchev–Trinajstić information content (AvgIpc) is 2.16. The molecule has 5 heteroatoms. The summed E-state index contributed by atoms with van der Waals surface area (Å²) in [7, 11) is 0. The molecule has 82 valence electrons. The van der Waals surface area contributed by atoms with E-state index in [1.807, 2.05) is 0 Å². The molecule has 0 bridgehead atoms. The molecule has 0 unspecified atom stereocenters. The number of hydrogen-bond acceptors (Lipinski definition) is 3. The van der Waals surface area contributed by atoms with Gasteiger partial charge < -0.3 is 0 Å². The van der Waals surface area contributed by atoms with E-state index < -0.39 is 0 Å². The molecule has 0 spiro atoms. The SMILES string of the molecule is CCCCCC(=O)NNC(=O)CCS. The number of carbonyl (C=O) groups is 2. The van der Waals surface area contributed by atoms with E-state index in [-0.39, 0.29) is 11.8 Å². The minimum atomic E-state index is -0.205. The molecule has 0 aliphatic heterocycles. The quantitative estimate of drug-likeness (QED) is 0.354. The zero-order valence-corrected chi connectivity index (χ0v) is 9.40. The molecule has 0 rings (SSSR count). The third-order valence-electron chi connectivity index (χ3n) is 1.69. The predicted molar refractivity (Wildman–Crippen MR) is 58.9 cm³/mol. The van der Waals surface area contributed by atoms with Crippen molar-refractivity contribution in [2.75, 3.05) is 5.75 Å². The molecule has 0 saturated carbocycles. The number of carbonyl (C=O) groups excluding carboxylic acids is 2. The van der Waals surface area contributed by atoms with Crippen molar-refractivity contribution in [2.24, 2.45) is 0 Å². The van der Waals surface area contributed by atoms with Crippen LogP contribution < -0.4 is 10.9 Å². The van der Waals surface area contributed by atoms with Crippen molar-refractivity contribution in [2.45, 2.75) is 39.0 Å². The predicted octanol–water partition coefficient (Wildman–Crippen LogP) is 1.03. The Hall–Kier alpha value is -0.710. The fourth-order valence-corrected chi connectivity index (χ4v) is 1.10. The molecular formula is C9H18N2O2S. The third-order valence-corrected chi connectivity index (χ3v) is 1.91. The number of nitrogens with one attached hydrogen (secondary N) is 2. The normalized spacial score (nSPS) is 9.57. The maximum absolute atomic E-state index is 11.1. The van der Waals surface area contributed by atoms with Gasteiger partial charge in [-0.2, -0.15) is 12.6 Å². The van der Waals surface area contributed by atoms with Crippen LogP contribution in [0.4, 0.5) is 0 Å². The number of unbranched alkanes of at least 4 members (excludes halogenated alkanes) is 2. The first-order valence-electron chi connectivity index (χ1n) is 4.89. The molecule has 0 heterocycles. The summed E-state index contributed by atoms with van der Waals surface area (Å²) >= 11 is 3.90. The Morgan fingerprint density at radius 3 is 2.14 bits per heavy atom. The topological polar surface area (TPSA) is 58.2 Å². The summed E-state index contributed by atoms with van der Waals surface area (Å²) in [5.74, 6) is 0.146. The highest BCUT2D eigenvalue weighted by molar-refractivity contribution is 7.80. The van der Waals surface area contributed by atoms with E-state index in [9.17, 15) is 9.59 Å². The first-order valence-corrected chi connectivity index (χ1v) is 5.52. The lowest BCUT2D eigenvalue weighted by molar-refractivity contribution is -0.128. The zero-order chi connectivity index (χ0) is 10.8. The van der Waals surface area contributed by atoms with Crippen molar-refractivity contribution >= 4 is 24.4 Å². The maximum Gasteiger partial charge on any atom is 0.239 e. The highest BCUT2D eigenvalue weighted by Crippen LogP contribution is 1.97. The lowest BCUT2D eigenvalue weighted by Gasteiger charge is -2.05. The van der Waals surface area contributed by atoms with Crippen molar-refractivity contribution in [3.8, 4) is 0 Å². The van der Waals surface area contributed by atoms with Gasteiger partial charge in [-0.15, -0.1) is 0 Å². The van der Waals surface area contributed by atoms with Crippen LogP contribution in [0.5, 0.6) is 0 Å². The first kappa shape index (κ1) is 13.3. The van der Waals surface area contributed by atoms with Crippen LogP contribution in [0.2, 0.25) is 0 Å². The van der Waals surface area contributed by atoms with Crippen LogP contribution >= 0.6 is 12.6 Å². The molecule has 0 radical (unpaired) electrons. The molecule has 0 saturated heterocycles. The average molecular weight is 218 g/mol. The van der Waals surface area contributed by atoms with Gasteiger partial charge in [-0.25, -0.2) is 0 Å². The number of hydrazine groups is 1. The van der Waals surface area contributed by atoms with E-state index in [1.54, 1.807) is 0 Å². The molecule has 0 aliphatic carbocycles. The van der Waals surface area contributed by atoms with Crippen LogP contribution in [0.25, 0.3) is 0 Å². The van der Waals surface area contributed by atoms with Gasteiger partial charge in [0.05, 0.1) is 0 Å². The van der Waals surface area contributed by atoms with Gasteiger partial charge in [-0.3, -0.25) is 20.4 Å². The van der Waals surface area contributed by atoms with Gasteiger partial charge in [0.15, 0.2) is 0 Å². The lowest BCUT2D eigenvalue weighted by Crippen LogP contribution is -2.41. The summed E-state index contributed by atoms with van der Waals surface area (Å²) in [6.45, 7) is 2.08. The molecular weight excluding hydrogens is 200 g/mol. The van der Waals surface area contributed by atoms with Gasteiger partial charge in [0, 0.05) is 12.8 Å². The van der Waals surface area contributed by atoms with Crippen molar-refractivity contribution in [1.82, 2.24) is 10.9 Å². The first-order chi connectivity index (χ1) is 6.70. The maximum atomic E-state index is 11.1. The Bertz CT molecular complexity index is 186. The molecule has 0 aromatic heterocycles. The van der Waals surface area contributed by atoms with Crippen molar-refractivity contribution in [3.05, 3.63) is 0 Å². The highest BCUT2D eigenvalue weighted by Gasteiger charge is 2.02. The van der Waals surface area contributed by atoms with Crippen LogP contribution in [0.3, 0.4) is 0 Å². The van der Waals surface area contributed by atoms with E-state index in [2.05, 4.69) is 30.4 Å². The van der Waals surface area contributed by atoms with Crippen LogP contribution in [-0.4, -0.2) is 17.6 Å². The summed E-state index contributed by atoms with van der Waals surface area (Å²) in [6.07, 6.45) is 3.77. The standard InChI is InChI=1S/C9H18N2O2S/c1-2-3-4-5-8(12)10-11-9(13)6-7-14/h14H,2-7H2,1H3,(H,10,12)(H,11,13). The highest BCUT2D eigenvalue weighted by atomic mass is 32.1. The lowest BCUT2D eigenvalue weighted by atomic mass is 10.2. The minimum absolute atomic E-state index is 0.133. The van der Waals surface area contributed by atoms with Crippen molar-refractivity contribution in [3.63, 3.8) is 0 Å². The summed E-state index contributed by atoms with van der Waals surface area (Å²) in [4.78, 5) is 22.0. The molecule has 0 aromatic carbocycles. The van der Waals surface area contributed by atoms with Gasteiger partial charge >= 0.3 is 0 Å². The van der Waals surface area contributed by atoms with Gasteiger partial charge in [-0.1, -0.05) is 19.8 Å². The molecule has 0 fully saturated rings.